The van der Waals surface area contributed by atoms with E-state index < -0.39 is 0 Å². The van der Waals surface area contributed by atoms with Crippen LogP contribution in [0.25, 0.3) is 0 Å². The Morgan fingerprint density at radius 3 is 2.50 bits per heavy atom. The van der Waals surface area contributed by atoms with Gasteiger partial charge < -0.3 is 5.32 Å². The highest BCUT2D eigenvalue weighted by molar-refractivity contribution is 5.33. The monoisotopic (exact) mass is 353 g/mol. The number of rotatable bonds is 9. The van der Waals surface area contributed by atoms with Gasteiger partial charge in [0.1, 0.15) is 5.82 Å². The number of hydrogen-bond donors (Lipinski definition) is 1. The Morgan fingerprint density at radius 2 is 1.85 bits per heavy atom. The molecule has 26 heavy (non-hydrogen) atoms. The molecule has 1 fully saturated rings. The Labute approximate surface area is 158 Å². The van der Waals surface area contributed by atoms with Crippen molar-refractivity contribution in [1.82, 2.24) is 5.32 Å². The molecule has 1 nitrogen and oxygen atoms in total. The first kappa shape index (κ1) is 19.1. The second-order valence-electron chi connectivity index (χ2n) is 7.99. The van der Waals surface area contributed by atoms with Crippen LogP contribution >= 0.6 is 0 Å². The third kappa shape index (κ3) is 4.54. The number of halogens is 1. The second-order valence-corrected chi connectivity index (χ2v) is 7.99. The molecule has 1 N–H and O–H groups in total. The lowest BCUT2D eigenvalue weighted by molar-refractivity contribution is 0.498. The number of nitrogens with one attached hydrogen (secondary N) is 1. The van der Waals surface area contributed by atoms with Crippen molar-refractivity contribution < 1.29 is 4.39 Å². The highest BCUT2D eigenvalue weighted by Gasteiger charge is 2.44. The number of hydrogen-bond acceptors (Lipinski definition) is 1. The zero-order valence-electron chi connectivity index (χ0n) is 16.3. The van der Waals surface area contributed by atoms with E-state index in [0.29, 0.717) is 17.8 Å². The molecule has 0 aromatic heterocycles. The van der Waals surface area contributed by atoms with Gasteiger partial charge in [0.05, 0.1) is 0 Å². The lowest BCUT2D eigenvalue weighted by Gasteiger charge is -2.18. The minimum Gasteiger partial charge on any atom is -0.320 e. The number of benzene rings is 2. The molecular formula is C24H32FN. The first-order valence-electron chi connectivity index (χ1n) is 10.1. The molecule has 1 aliphatic carbocycles. The first-order chi connectivity index (χ1) is 12.6. The maximum atomic E-state index is 14.4. The van der Waals surface area contributed by atoms with E-state index in [1.54, 1.807) is 12.1 Å². The maximum Gasteiger partial charge on any atom is 0.126 e. The molecule has 2 heteroatoms. The van der Waals surface area contributed by atoms with E-state index in [1.807, 2.05) is 19.2 Å². The third-order valence-electron chi connectivity index (χ3n) is 6.06. The molecule has 0 bridgehead atoms. The van der Waals surface area contributed by atoms with Crippen LogP contribution in [0.5, 0.6) is 0 Å². The van der Waals surface area contributed by atoms with E-state index in [2.05, 4.69) is 43.4 Å². The van der Waals surface area contributed by atoms with Crippen molar-refractivity contribution in [1.29, 1.82) is 0 Å². The lowest BCUT2D eigenvalue weighted by atomic mass is 9.88. The largest absolute Gasteiger partial charge is 0.320 e. The smallest absolute Gasteiger partial charge is 0.126 e. The summed E-state index contributed by atoms with van der Waals surface area (Å²) in [5.74, 6) is 2.12. The molecule has 0 radical (unpaired) electrons. The summed E-state index contributed by atoms with van der Waals surface area (Å²) in [4.78, 5) is 0. The highest BCUT2D eigenvalue weighted by Crippen LogP contribution is 2.56. The summed E-state index contributed by atoms with van der Waals surface area (Å²) in [7, 11) is 1.97. The van der Waals surface area contributed by atoms with Crippen LogP contribution in [0.3, 0.4) is 0 Å². The van der Waals surface area contributed by atoms with Gasteiger partial charge >= 0.3 is 0 Å². The van der Waals surface area contributed by atoms with Crippen LogP contribution in [-0.2, 0) is 6.42 Å². The van der Waals surface area contributed by atoms with E-state index >= 15 is 0 Å². The Hall–Kier alpha value is -1.67. The van der Waals surface area contributed by atoms with Crippen LogP contribution in [-0.4, -0.2) is 13.6 Å². The van der Waals surface area contributed by atoms with Crippen molar-refractivity contribution in [2.24, 2.45) is 11.8 Å². The molecule has 0 spiro atoms. The molecule has 2 aromatic rings. The summed E-state index contributed by atoms with van der Waals surface area (Å²) in [6.07, 6.45) is 4.55. The summed E-state index contributed by atoms with van der Waals surface area (Å²) in [6.45, 7) is 5.49. The van der Waals surface area contributed by atoms with Crippen LogP contribution in [0.2, 0.25) is 0 Å². The van der Waals surface area contributed by atoms with Crippen LogP contribution in [0.1, 0.15) is 61.6 Å². The molecule has 0 amide bonds. The van der Waals surface area contributed by atoms with Gasteiger partial charge in [-0.1, -0.05) is 62.7 Å². The summed E-state index contributed by atoms with van der Waals surface area (Å²) in [6, 6.07) is 16.5. The van der Waals surface area contributed by atoms with Gasteiger partial charge in [0.15, 0.2) is 0 Å². The molecule has 3 rings (SSSR count). The Bertz CT molecular complexity index is 694. The topological polar surface area (TPSA) is 12.0 Å². The predicted molar refractivity (Wildman–Crippen MR) is 108 cm³/mol. The van der Waals surface area contributed by atoms with Crippen molar-refractivity contribution in [3.63, 3.8) is 0 Å². The van der Waals surface area contributed by atoms with Gasteiger partial charge in [0.2, 0.25) is 0 Å². The average Bonchev–Trinajstić information content (AvgIpc) is 3.44. The lowest BCUT2D eigenvalue weighted by Crippen LogP contribution is -2.15. The molecule has 0 aliphatic heterocycles. The molecule has 0 saturated heterocycles. The molecule has 4 unspecified atom stereocenters. The van der Waals surface area contributed by atoms with Gasteiger partial charge in [-0.25, -0.2) is 4.39 Å². The standard InChI is InChI=1S/C24H32FN/c1-4-17(2)15-18-9-11-19(12-10-18)22-16-23(22)20(13-14-26-3)21-7-5-6-8-24(21)25/h5-12,17,20,22-23,26H,4,13-16H2,1-3H3. The third-order valence-corrected chi connectivity index (χ3v) is 6.06. The molecule has 1 aliphatic rings. The molecule has 4 atom stereocenters. The van der Waals surface area contributed by atoms with Crippen molar-refractivity contribution in [3.8, 4) is 0 Å². The van der Waals surface area contributed by atoms with E-state index in [1.165, 1.54) is 24.0 Å². The van der Waals surface area contributed by atoms with Gasteiger partial charge in [-0.15, -0.1) is 0 Å². The summed E-state index contributed by atoms with van der Waals surface area (Å²) < 4.78 is 14.4. The second kappa shape index (κ2) is 8.81. The molecule has 140 valence electrons. The molecule has 0 heterocycles. The fraction of sp³-hybridized carbons (Fsp3) is 0.500. The SMILES string of the molecule is CCC(C)Cc1ccc(C2CC2C(CCNC)c2ccccc2F)cc1. The quantitative estimate of drug-likeness (QED) is 0.591. The fourth-order valence-corrected chi connectivity index (χ4v) is 4.17. The van der Waals surface area contributed by atoms with Crippen LogP contribution in [0.4, 0.5) is 4.39 Å². The summed E-state index contributed by atoms with van der Waals surface area (Å²) in [5, 5.41) is 3.23. The Kier molecular flexibility index (Phi) is 6.48. The maximum absolute atomic E-state index is 14.4. The molecule has 1 saturated carbocycles. The minimum atomic E-state index is -0.0526. The normalized spacial score (nSPS) is 21.4. The minimum absolute atomic E-state index is 0.0526. The fourth-order valence-electron chi connectivity index (χ4n) is 4.17. The van der Waals surface area contributed by atoms with E-state index in [9.17, 15) is 4.39 Å². The first-order valence-corrected chi connectivity index (χ1v) is 10.1. The van der Waals surface area contributed by atoms with Crippen LogP contribution in [0, 0.1) is 17.7 Å². The summed E-state index contributed by atoms with van der Waals surface area (Å²) in [5.41, 5.74) is 3.75. The van der Waals surface area contributed by atoms with E-state index in [-0.39, 0.29) is 5.82 Å². The Balaban J connectivity index is 1.71. The van der Waals surface area contributed by atoms with Crippen molar-refractivity contribution in [2.45, 2.75) is 51.4 Å². The van der Waals surface area contributed by atoms with Gasteiger partial charge in [0, 0.05) is 0 Å². The van der Waals surface area contributed by atoms with Gasteiger partial charge in [-0.3, -0.25) is 0 Å². The van der Waals surface area contributed by atoms with Gasteiger partial charge in [-0.2, -0.15) is 0 Å². The highest BCUT2D eigenvalue weighted by atomic mass is 19.1. The van der Waals surface area contributed by atoms with E-state index in [4.69, 9.17) is 0 Å². The molecular weight excluding hydrogens is 321 g/mol. The van der Waals surface area contributed by atoms with Crippen LogP contribution in [0.15, 0.2) is 48.5 Å². The summed E-state index contributed by atoms with van der Waals surface area (Å²) >= 11 is 0. The zero-order valence-corrected chi connectivity index (χ0v) is 16.3. The van der Waals surface area contributed by atoms with Gasteiger partial charge in [0.25, 0.3) is 0 Å². The Morgan fingerprint density at radius 1 is 1.12 bits per heavy atom. The van der Waals surface area contributed by atoms with Gasteiger partial charge in [-0.05, 0) is 79.3 Å². The average molecular weight is 354 g/mol. The van der Waals surface area contributed by atoms with E-state index in [0.717, 1.165) is 30.9 Å². The zero-order chi connectivity index (χ0) is 18.5. The van der Waals surface area contributed by atoms with Crippen molar-refractivity contribution >= 4 is 0 Å². The van der Waals surface area contributed by atoms with Crippen LogP contribution < -0.4 is 5.32 Å². The van der Waals surface area contributed by atoms with Crippen molar-refractivity contribution in [3.05, 3.63) is 71.0 Å². The predicted octanol–water partition coefficient (Wildman–Crippen LogP) is 5.91. The van der Waals surface area contributed by atoms with Crippen molar-refractivity contribution in [2.75, 3.05) is 13.6 Å². The molecule has 2 aromatic carbocycles.